The average Bonchev–Trinajstić information content (AvgIpc) is 1.88. The molecular formula is C6H4BrClMg. The van der Waals surface area contributed by atoms with E-state index in [-0.39, 0.29) is 0 Å². The SMILES string of the molecule is [Cl][Mg][c]1cccc(Br)c1. The van der Waals surface area contributed by atoms with Crippen LogP contribution in [-0.2, 0) is 0 Å². The third kappa shape index (κ3) is 2.46. The maximum absolute atomic E-state index is 5.72. The van der Waals surface area contributed by atoms with Crippen LogP contribution in [0.5, 0.6) is 0 Å². The van der Waals surface area contributed by atoms with Gasteiger partial charge in [-0.1, -0.05) is 34.1 Å². The van der Waals surface area contributed by atoms with E-state index in [0.29, 0.717) is 0 Å². The monoisotopic (exact) mass is 214 g/mol. The molecule has 0 aliphatic carbocycles. The zero-order chi connectivity index (χ0) is 6.69. The van der Waals surface area contributed by atoms with Gasteiger partial charge in [0.05, 0.1) is 0 Å². The predicted octanol–water partition coefficient (Wildman–Crippen LogP) is 1.93. The molecule has 9 heavy (non-hydrogen) atoms. The number of rotatable bonds is 1. The molecule has 1 aromatic carbocycles. The van der Waals surface area contributed by atoms with E-state index in [0.717, 1.165) is 4.47 Å². The third-order valence-electron chi connectivity index (χ3n) is 1.04. The zero-order valence-electron chi connectivity index (χ0n) is 4.77. The molecule has 0 amide bonds. The Morgan fingerprint density at radius 2 is 2.22 bits per heavy atom. The van der Waals surface area contributed by atoms with Crippen molar-refractivity contribution in [1.29, 1.82) is 0 Å². The van der Waals surface area contributed by atoms with Crippen LogP contribution < -0.4 is 3.69 Å². The van der Waals surface area contributed by atoms with Crippen molar-refractivity contribution in [1.82, 2.24) is 0 Å². The fourth-order valence-corrected chi connectivity index (χ4v) is 2.39. The van der Waals surface area contributed by atoms with Crippen LogP contribution >= 0.6 is 25.0 Å². The molecular weight excluding hydrogens is 212 g/mol. The van der Waals surface area contributed by atoms with Crippen LogP contribution in [-0.4, -0.2) is 19.3 Å². The first-order valence-corrected chi connectivity index (χ1v) is 6.27. The summed E-state index contributed by atoms with van der Waals surface area (Å²) in [5.74, 6) is 0. The predicted molar refractivity (Wildman–Crippen MR) is 45.4 cm³/mol. The molecule has 0 aromatic heterocycles. The van der Waals surface area contributed by atoms with Gasteiger partial charge in [-0.2, -0.15) is 0 Å². The summed E-state index contributed by atoms with van der Waals surface area (Å²) in [6.45, 7) is 0. The van der Waals surface area contributed by atoms with Gasteiger partial charge >= 0.3 is 19.3 Å². The molecule has 0 aliphatic rings. The van der Waals surface area contributed by atoms with Crippen molar-refractivity contribution in [3.8, 4) is 0 Å². The maximum atomic E-state index is 5.72. The Kier molecular flexibility index (Phi) is 3.33. The first kappa shape index (κ1) is 7.86. The quantitative estimate of drug-likeness (QED) is 0.629. The minimum atomic E-state index is -0.488. The lowest BCUT2D eigenvalue weighted by Gasteiger charge is -1.92. The van der Waals surface area contributed by atoms with E-state index in [1.165, 1.54) is 3.69 Å². The van der Waals surface area contributed by atoms with Gasteiger partial charge in [0.15, 0.2) is 0 Å². The van der Waals surface area contributed by atoms with E-state index in [9.17, 15) is 0 Å². The van der Waals surface area contributed by atoms with Crippen molar-refractivity contribution in [2.75, 3.05) is 0 Å². The molecule has 0 N–H and O–H groups in total. The summed E-state index contributed by atoms with van der Waals surface area (Å²) in [7, 11) is 5.72. The van der Waals surface area contributed by atoms with Gasteiger partial charge in [-0.3, -0.25) is 0 Å². The fourth-order valence-electron chi connectivity index (χ4n) is 0.620. The van der Waals surface area contributed by atoms with Crippen LogP contribution in [0.4, 0.5) is 0 Å². The molecule has 44 valence electrons. The van der Waals surface area contributed by atoms with Crippen molar-refractivity contribution in [2.24, 2.45) is 0 Å². The molecule has 0 heterocycles. The molecule has 3 heteroatoms. The van der Waals surface area contributed by atoms with E-state index in [4.69, 9.17) is 9.07 Å². The maximum Gasteiger partial charge on any atom is 0.538 e. The Hall–Kier alpha value is 0.756. The van der Waals surface area contributed by atoms with Crippen molar-refractivity contribution in [2.45, 2.75) is 0 Å². The summed E-state index contributed by atoms with van der Waals surface area (Å²) in [5.41, 5.74) is 0. The molecule has 1 aromatic rings. The molecule has 0 saturated heterocycles. The van der Waals surface area contributed by atoms with E-state index in [2.05, 4.69) is 28.1 Å². The average molecular weight is 216 g/mol. The fraction of sp³-hybridized carbons (Fsp3) is 0. The van der Waals surface area contributed by atoms with Crippen LogP contribution in [0.2, 0.25) is 0 Å². The van der Waals surface area contributed by atoms with Crippen molar-refractivity contribution >= 4 is 48.0 Å². The lowest BCUT2D eigenvalue weighted by Crippen LogP contribution is -2.06. The molecule has 0 radical (unpaired) electrons. The van der Waals surface area contributed by atoms with Crippen molar-refractivity contribution in [3.63, 3.8) is 0 Å². The summed E-state index contributed by atoms with van der Waals surface area (Å²) in [6.07, 6.45) is 0. The minimum absolute atomic E-state index is 0.488. The summed E-state index contributed by atoms with van der Waals surface area (Å²) in [6, 6.07) is 8.14. The highest BCUT2D eigenvalue weighted by Crippen LogP contribution is 2.04. The van der Waals surface area contributed by atoms with Gasteiger partial charge in [0.1, 0.15) is 0 Å². The number of benzene rings is 1. The number of hydrogen-bond donors (Lipinski definition) is 0. The second-order valence-corrected chi connectivity index (χ2v) is 4.56. The highest BCUT2D eigenvalue weighted by atomic mass is 79.9. The number of hydrogen-bond acceptors (Lipinski definition) is 0. The van der Waals surface area contributed by atoms with E-state index in [1.54, 1.807) is 0 Å². The Bertz CT molecular complexity index is 202. The van der Waals surface area contributed by atoms with Crippen LogP contribution in [0.15, 0.2) is 28.7 Å². The molecule has 0 unspecified atom stereocenters. The van der Waals surface area contributed by atoms with Gasteiger partial charge in [0, 0.05) is 4.47 Å². The molecule has 0 nitrogen and oxygen atoms in total. The highest BCUT2D eigenvalue weighted by Gasteiger charge is 1.93. The van der Waals surface area contributed by atoms with Gasteiger partial charge < -0.3 is 9.07 Å². The van der Waals surface area contributed by atoms with Gasteiger partial charge in [0.2, 0.25) is 0 Å². The second-order valence-electron chi connectivity index (χ2n) is 1.76. The molecule has 0 fully saturated rings. The molecule has 0 aliphatic heterocycles. The van der Waals surface area contributed by atoms with E-state index < -0.39 is 19.3 Å². The number of halogens is 2. The lowest BCUT2D eigenvalue weighted by molar-refractivity contribution is 1.70. The Balaban J connectivity index is 2.94. The topological polar surface area (TPSA) is 0 Å². The lowest BCUT2D eigenvalue weighted by atomic mass is 10.4. The normalized spacial score (nSPS) is 8.67. The first-order chi connectivity index (χ1) is 4.33. The molecule has 0 spiro atoms. The van der Waals surface area contributed by atoms with Crippen LogP contribution in [0.1, 0.15) is 0 Å². The Morgan fingerprint density at radius 3 is 2.67 bits per heavy atom. The van der Waals surface area contributed by atoms with Crippen molar-refractivity contribution < 1.29 is 0 Å². The van der Waals surface area contributed by atoms with Crippen molar-refractivity contribution in [3.05, 3.63) is 28.7 Å². The standard InChI is InChI=1S/C6H4Br.ClH.Mg/c7-6-4-2-1-3-5-6;;/h1-2,4-5H;1H;/q;;+1/p-1. The third-order valence-corrected chi connectivity index (χ3v) is 3.21. The van der Waals surface area contributed by atoms with E-state index >= 15 is 0 Å². The van der Waals surface area contributed by atoms with Crippen LogP contribution in [0.25, 0.3) is 0 Å². The minimum Gasteiger partial charge on any atom is -0.336 e. The Labute approximate surface area is 76.2 Å². The summed E-state index contributed by atoms with van der Waals surface area (Å²) in [5, 5.41) is 0. The van der Waals surface area contributed by atoms with E-state index in [1.807, 2.05) is 12.1 Å². The van der Waals surface area contributed by atoms with Gasteiger partial charge in [-0.25, -0.2) is 0 Å². The molecule has 0 saturated carbocycles. The molecule has 1 rings (SSSR count). The van der Waals surface area contributed by atoms with Gasteiger partial charge in [-0.15, -0.1) is 3.69 Å². The highest BCUT2D eigenvalue weighted by molar-refractivity contribution is 9.10. The second kappa shape index (κ2) is 3.81. The smallest absolute Gasteiger partial charge is 0.336 e. The molecule has 0 bridgehead atoms. The first-order valence-electron chi connectivity index (χ1n) is 2.63. The largest absolute Gasteiger partial charge is 0.538 e. The summed E-state index contributed by atoms with van der Waals surface area (Å²) >= 11 is 2.88. The summed E-state index contributed by atoms with van der Waals surface area (Å²) in [4.78, 5) is 0. The van der Waals surface area contributed by atoms with Crippen LogP contribution in [0, 0.1) is 0 Å². The Morgan fingerprint density at radius 1 is 1.44 bits per heavy atom. The summed E-state index contributed by atoms with van der Waals surface area (Å²) < 4.78 is 2.40. The zero-order valence-corrected chi connectivity index (χ0v) is 8.53. The molecule has 0 atom stereocenters. The van der Waals surface area contributed by atoms with Gasteiger partial charge in [-0.05, 0) is 6.07 Å². The van der Waals surface area contributed by atoms with Crippen LogP contribution in [0.3, 0.4) is 0 Å². The van der Waals surface area contributed by atoms with Gasteiger partial charge in [0.25, 0.3) is 0 Å².